The maximum Gasteiger partial charge on any atom is 1.00 e. The van der Waals surface area contributed by atoms with Crippen molar-refractivity contribution in [1.82, 2.24) is 5.32 Å². The monoisotopic (exact) mass is 472 g/mol. The van der Waals surface area contributed by atoms with Crippen molar-refractivity contribution in [2.75, 3.05) is 0 Å². The van der Waals surface area contributed by atoms with Gasteiger partial charge in [0.1, 0.15) is 11.6 Å². The quantitative estimate of drug-likeness (QED) is 0.441. The van der Waals surface area contributed by atoms with Crippen molar-refractivity contribution in [3.05, 3.63) is 94.4 Å². The summed E-state index contributed by atoms with van der Waals surface area (Å²) in [6.45, 7) is 0. The Labute approximate surface area is 214 Å². The summed E-state index contributed by atoms with van der Waals surface area (Å²) < 4.78 is 27.1. The van der Waals surface area contributed by atoms with Gasteiger partial charge in [-0.25, -0.2) is 13.8 Å². The smallest absolute Gasteiger partial charge is 0.550 e. The third-order valence-corrected chi connectivity index (χ3v) is 5.53. The zero-order chi connectivity index (χ0) is 22.7. The number of benzene rings is 3. The first-order valence-electron chi connectivity index (χ1n) is 9.51. The van der Waals surface area contributed by atoms with E-state index in [0.29, 0.717) is 32.5 Å². The van der Waals surface area contributed by atoms with Crippen LogP contribution in [-0.2, 0) is 16.0 Å². The minimum Gasteiger partial charge on any atom is -0.550 e. The Morgan fingerprint density at radius 3 is 2.36 bits per heavy atom. The summed E-state index contributed by atoms with van der Waals surface area (Å²) in [4.78, 5) is 27.7. The summed E-state index contributed by atoms with van der Waals surface area (Å²) in [7, 11) is 0. The molecule has 0 aromatic heterocycles. The summed E-state index contributed by atoms with van der Waals surface area (Å²) in [5, 5.41) is 13.7. The van der Waals surface area contributed by atoms with E-state index in [-0.39, 0.29) is 41.9 Å². The van der Waals surface area contributed by atoms with Crippen LogP contribution in [0.15, 0.2) is 76.6 Å². The third-order valence-electron chi connectivity index (χ3n) is 4.62. The van der Waals surface area contributed by atoms with Crippen LogP contribution >= 0.6 is 11.8 Å². The second-order valence-electron chi connectivity index (χ2n) is 6.94. The van der Waals surface area contributed by atoms with Crippen LogP contribution in [0.2, 0.25) is 0 Å². The zero-order valence-electron chi connectivity index (χ0n) is 17.5. The van der Waals surface area contributed by atoms with Crippen molar-refractivity contribution < 1.29 is 53.0 Å². The Kier molecular flexibility index (Phi) is 8.20. The number of carbonyl (C=O) groups excluding carboxylic acids is 2. The van der Waals surface area contributed by atoms with E-state index in [2.05, 4.69) is 10.3 Å². The summed E-state index contributed by atoms with van der Waals surface area (Å²) in [6.07, 6.45) is 1.51. The van der Waals surface area contributed by atoms with Crippen LogP contribution in [0.25, 0.3) is 17.2 Å². The van der Waals surface area contributed by atoms with Crippen molar-refractivity contribution >= 4 is 40.6 Å². The van der Waals surface area contributed by atoms with Crippen LogP contribution in [0.1, 0.15) is 11.1 Å². The first-order valence-corrected chi connectivity index (χ1v) is 10.3. The van der Waals surface area contributed by atoms with Gasteiger partial charge in [-0.05, 0) is 58.8 Å². The van der Waals surface area contributed by atoms with Crippen molar-refractivity contribution in [2.45, 2.75) is 6.42 Å². The predicted octanol–water partition coefficient (Wildman–Crippen LogP) is 0.820. The Morgan fingerprint density at radius 1 is 1.03 bits per heavy atom. The Morgan fingerprint density at radius 2 is 1.73 bits per heavy atom. The third kappa shape index (κ3) is 6.39. The number of thioether (sulfide) groups is 1. The molecule has 0 aliphatic carbocycles. The molecule has 33 heavy (non-hydrogen) atoms. The Bertz CT molecular complexity index is 1260. The van der Waals surface area contributed by atoms with E-state index in [9.17, 15) is 23.5 Å². The number of aliphatic imine (C=N–C) groups is 1. The van der Waals surface area contributed by atoms with Crippen LogP contribution < -0.4 is 40.0 Å². The van der Waals surface area contributed by atoms with E-state index in [0.717, 1.165) is 11.6 Å². The van der Waals surface area contributed by atoms with E-state index in [1.807, 2.05) is 0 Å². The number of carbonyl (C=O) groups is 2. The summed E-state index contributed by atoms with van der Waals surface area (Å²) >= 11 is 1.17. The minimum absolute atomic E-state index is 0. The van der Waals surface area contributed by atoms with E-state index in [1.54, 1.807) is 54.6 Å². The van der Waals surface area contributed by atoms with Gasteiger partial charge in [-0.3, -0.25) is 4.79 Å². The predicted molar refractivity (Wildman–Crippen MR) is 118 cm³/mol. The fourth-order valence-electron chi connectivity index (χ4n) is 3.09. The average molecular weight is 472 g/mol. The number of carboxylic acid groups (broad SMARTS) is 1. The largest absolute Gasteiger partial charge is 1.00 e. The standard InChI is InChI=1S/C24H16F2N2O3S.Na/c25-17-7-10-19(20(26)13-17)16-5-1-14(2-6-16)11-21-23(31)28-24(32-21)27-18-8-3-15(4-9-18)12-22(29)30;/h1-11,13H,12H2,(H,29,30)(H,27,28,31);/q;+1/p-1. The van der Waals surface area contributed by atoms with Gasteiger partial charge in [0.25, 0.3) is 5.91 Å². The van der Waals surface area contributed by atoms with Crippen molar-refractivity contribution in [3.8, 4) is 11.1 Å². The fourth-order valence-corrected chi connectivity index (χ4v) is 3.93. The average Bonchev–Trinajstić information content (AvgIpc) is 3.08. The SMILES string of the molecule is O=C([O-])Cc1ccc(N=C2NC(=O)C(=Cc3ccc(-c4ccc(F)cc4F)cc3)S2)cc1.[Na+]. The van der Waals surface area contributed by atoms with Gasteiger partial charge in [0.2, 0.25) is 0 Å². The molecule has 0 bridgehead atoms. The second-order valence-corrected chi connectivity index (χ2v) is 7.97. The van der Waals surface area contributed by atoms with Gasteiger partial charge in [-0.1, -0.05) is 36.4 Å². The number of aliphatic carboxylic acids is 1. The van der Waals surface area contributed by atoms with Gasteiger partial charge in [0.05, 0.1) is 10.6 Å². The number of nitrogens with zero attached hydrogens (tertiary/aromatic N) is 1. The molecule has 1 aliphatic rings. The van der Waals surface area contributed by atoms with Gasteiger partial charge in [0, 0.05) is 24.0 Å². The molecule has 0 unspecified atom stereocenters. The molecule has 9 heteroatoms. The molecular weight excluding hydrogens is 457 g/mol. The molecule has 5 nitrogen and oxygen atoms in total. The molecule has 0 spiro atoms. The molecule has 3 aromatic carbocycles. The normalized spacial score (nSPS) is 15.4. The number of hydrogen-bond donors (Lipinski definition) is 1. The van der Waals surface area contributed by atoms with Crippen LogP contribution in [0.5, 0.6) is 0 Å². The van der Waals surface area contributed by atoms with Crippen LogP contribution in [0.3, 0.4) is 0 Å². The summed E-state index contributed by atoms with van der Waals surface area (Å²) in [6, 6.07) is 16.9. The van der Waals surface area contributed by atoms with Crippen molar-refractivity contribution in [3.63, 3.8) is 0 Å². The first-order chi connectivity index (χ1) is 15.4. The fraction of sp³-hybridized carbons (Fsp3) is 0.0417. The molecule has 3 aromatic rings. The maximum absolute atomic E-state index is 14.0. The zero-order valence-corrected chi connectivity index (χ0v) is 20.3. The van der Waals surface area contributed by atoms with Gasteiger partial charge in [-0.2, -0.15) is 0 Å². The van der Waals surface area contributed by atoms with Gasteiger partial charge in [-0.15, -0.1) is 0 Å². The summed E-state index contributed by atoms with van der Waals surface area (Å²) in [5.74, 6) is -2.73. The van der Waals surface area contributed by atoms with Crippen LogP contribution in [0, 0.1) is 11.6 Å². The van der Waals surface area contributed by atoms with Crippen LogP contribution in [0.4, 0.5) is 14.5 Å². The number of halogens is 2. The molecule has 0 radical (unpaired) electrons. The molecule has 1 aliphatic heterocycles. The number of rotatable bonds is 5. The topological polar surface area (TPSA) is 81.6 Å². The molecule has 1 fully saturated rings. The number of hydrogen-bond acceptors (Lipinski definition) is 5. The van der Waals surface area contributed by atoms with Gasteiger partial charge < -0.3 is 15.2 Å². The number of carboxylic acids is 1. The molecule has 0 saturated carbocycles. The second kappa shape index (κ2) is 10.9. The maximum atomic E-state index is 14.0. The number of amidine groups is 1. The van der Waals surface area contributed by atoms with Gasteiger partial charge >= 0.3 is 29.6 Å². The molecule has 1 N–H and O–H groups in total. The number of nitrogens with one attached hydrogen (secondary N) is 1. The molecule has 1 amide bonds. The van der Waals surface area contributed by atoms with E-state index in [4.69, 9.17) is 0 Å². The summed E-state index contributed by atoms with van der Waals surface area (Å²) in [5.41, 5.74) is 2.79. The molecule has 160 valence electrons. The van der Waals surface area contributed by atoms with E-state index in [1.165, 1.54) is 23.9 Å². The molecule has 1 heterocycles. The molecule has 0 atom stereocenters. The van der Waals surface area contributed by atoms with Gasteiger partial charge in [0.15, 0.2) is 5.17 Å². The van der Waals surface area contributed by atoms with E-state index >= 15 is 0 Å². The Hall–Kier alpha value is -2.78. The van der Waals surface area contributed by atoms with Crippen molar-refractivity contribution in [2.24, 2.45) is 4.99 Å². The first kappa shape index (κ1) is 24.9. The number of amides is 1. The minimum atomic E-state index is -1.16. The van der Waals surface area contributed by atoms with Crippen LogP contribution in [-0.4, -0.2) is 17.0 Å². The Balaban J connectivity index is 0.00000306. The molecular formula is C24H15F2N2NaO3S. The molecule has 4 rings (SSSR count). The van der Waals surface area contributed by atoms with E-state index < -0.39 is 17.6 Å². The van der Waals surface area contributed by atoms with Crippen molar-refractivity contribution in [1.29, 1.82) is 0 Å². The molecule has 1 saturated heterocycles.